The number of benzene rings is 2. The third-order valence-corrected chi connectivity index (χ3v) is 5.45. The number of hydrogen-bond acceptors (Lipinski definition) is 5. The predicted octanol–water partition coefficient (Wildman–Crippen LogP) is 5.03. The fourth-order valence-electron chi connectivity index (χ4n) is 3.70. The van der Waals surface area contributed by atoms with E-state index in [1.54, 1.807) is 16.8 Å². The molecule has 6 nitrogen and oxygen atoms in total. The van der Waals surface area contributed by atoms with Crippen molar-refractivity contribution >= 4 is 28.8 Å². The molecule has 0 radical (unpaired) electrons. The van der Waals surface area contributed by atoms with Crippen LogP contribution in [0.4, 0.5) is 8.78 Å². The van der Waals surface area contributed by atoms with Crippen LogP contribution in [0, 0.1) is 11.7 Å². The number of rotatable bonds is 7. The minimum absolute atomic E-state index is 0.00808. The average molecular weight is 445 g/mol. The summed E-state index contributed by atoms with van der Waals surface area (Å²) >= 11 is 5.71. The van der Waals surface area contributed by atoms with Gasteiger partial charge in [0.25, 0.3) is 0 Å². The van der Waals surface area contributed by atoms with E-state index in [-0.39, 0.29) is 11.5 Å². The van der Waals surface area contributed by atoms with Gasteiger partial charge in [-0.1, -0.05) is 24.3 Å². The topological polar surface area (TPSA) is 43.9 Å². The molecule has 0 bridgehead atoms. The fourth-order valence-corrected chi connectivity index (χ4v) is 3.99. The highest BCUT2D eigenvalue weighted by atomic mass is 32.1. The van der Waals surface area contributed by atoms with Gasteiger partial charge in [0.2, 0.25) is 4.77 Å². The second-order valence-electron chi connectivity index (χ2n) is 7.34. The van der Waals surface area contributed by atoms with Gasteiger partial charge in [-0.15, -0.1) is 0 Å². The molecule has 0 spiro atoms. The summed E-state index contributed by atoms with van der Waals surface area (Å²) in [5.74, 6) is 0.270. The molecule has 0 atom stereocenters. The van der Waals surface area contributed by atoms with Crippen LogP contribution in [0.25, 0.3) is 16.6 Å². The quantitative estimate of drug-likeness (QED) is 0.374. The number of hydrogen-bond donors (Lipinski definition) is 0. The molecule has 0 aliphatic carbocycles. The van der Waals surface area contributed by atoms with E-state index in [9.17, 15) is 8.78 Å². The first kappa shape index (κ1) is 21.2. The Kier molecular flexibility index (Phi) is 5.88. The predicted molar refractivity (Wildman–Crippen MR) is 117 cm³/mol. The number of aromatic nitrogens is 3. The van der Waals surface area contributed by atoms with Crippen LogP contribution in [-0.4, -0.2) is 39.9 Å². The highest BCUT2D eigenvalue weighted by Crippen LogP contribution is 2.30. The summed E-state index contributed by atoms with van der Waals surface area (Å²) in [5, 5.41) is 5.83. The molecule has 2 aromatic heterocycles. The molecule has 31 heavy (non-hydrogen) atoms. The second kappa shape index (κ2) is 8.60. The van der Waals surface area contributed by atoms with E-state index in [0.29, 0.717) is 18.0 Å². The monoisotopic (exact) mass is 444 g/mol. The van der Waals surface area contributed by atoms with Gasteiger partial charge in [0, 0.05) is 11.9 Å². The zero-order valence-electron chi connectivity index (χ0n) is 17.4. The Hall–Kier alpha value is -3.04. The van der Waals surface area contributed by atoms with Gasteiger partial charge >= 0.3 is 6.61 Å². The number of para-hydroxylation sites is 1. The van der Waals surface area contributed by atoms with Crippen molar-refractivity contribution in [3.8, 4) is 11.5 Å². The molecule has 2 heterocycles. The zero-order valence-corrected chi connectivity index (χ0v) is 18.2. The van der Waals surface area contributed by atoms with Crippen LogP contribution in [0.1, 0.15) is 11.1 Å². The third kappa shape index (κ3) is 4.24. The second-order valence-corrected chi connectivity index (χ2v) is 7.70. The van der Waals surface area contributed by atoms with Crippen LogP contribution in [0.5, 0.6) is 11.5 Å². The van der Waals surface area contributed by atoms with Crippen molar-refractivity contribution in [1.29, 1.82) is 0 Å². The van der Waals surface area contributed by atoms with Crippen LogP contribution in [0.2, 0.25) is 0 Å². The molecule has 2 aromatic carbocycles. The fraction of sp³-hybridized carbons (Fsp3) is 0.273. The maximum absolute atomic E-state index is 12.5. The van der Waals surface area contributed by atoms with Gasteiger partial charge in [0.05, 0.1) is 19.3 Å². The number of halogens is 2. The van der Waals surface area contributed by atoms with E-state index in [1.807, 2.05) is 40.6 Å². The highest BCUT2D eigenvalue weighted by Gasteiger charge is 2.14. The van der Waals surface area contributed by atoms with E-state index in [0.717, 1.165) is 27.7 Å². The van der Waals surface area contributed by atoms with Crippen molar-refractivity contribution in [3.05, 3.63) is 64.4 Å². The maximum Gasteiger partial charge on any atom is 0.387 e. The first-order valence-corrected chi connectivity index (χ1v) is 10.1. The van der Waals surface area contributed by atoms with Gasteiger partial charge in [0.15, 0.2) is 17.1 Å². The van der Waals surface area contributed by atoms with Gasteiger partial charge in [-0.25, -0.2) is 4.68 Å². The molecule has 0 N–H and O–H groups in total. The van der Waals surface area contributed by atoms with Crippen LogP contribution in [0.3, 0.4) is 0 Å². The number of alkyl halides is 2. The van der Waals surface area contributed by atoms with Crippen molar-refractivity contribution < 1.29 is 18.3 Å². The Balaban J connectivity index is 1.59. The summed E-state index contributed by atoms with van der Waals surface area (Å²) in [6.45, 7) is 0.163. The minimum Gasteiger partial charge on any atom is -0.493 e. The Labute approximate surface area is 183 Å². The first-order chi connectivity index (χ1) is 14.9. The Bertz CT molecular complexity index is 1300. The lowest BCUT2D eigenvalue weighted by molar-refractivity contribution is -0.0512. The van der Waals surface area contributed by atoms with E-state index in [2.05, 4.69) is 17.7 Å². The summed E-state index contributed by atoms with van der Waals surface area (Å²) in [4.78, 5) is 2.03. The van der Waals surface area contributed by atoms with Crippen molar-refractivity contribution in [2.75, 3.05) is 14.2 Å². The largest absolute Gasteiger partial charge is 0.493 e. The van der Waals surface area contributed by atoms with Gasteiger partial charge < -0.3 is 9.47 Å². The summed E-state index contributed by atoms with van der Waals surface area (Å²) in [6.07, 6.45) is 0. The standard InChI is InChI=1S/C22H22F2N4O2S/c1-14-10-20-25-27(22(31)28(20)17-7-5-4-6-16(14)17)13-26(2)12-15-8-9-18(30-21(23)24)19(11-15)29-3/h4-11,21H,12-13H2,1-3H3. The molecule has 4 rings (SSSR count). The number of fused-ring (bicyclic) bond motifs is 3. The van der Waals surface area contributed by atoms with Crippen molar-refractivity contribution in [3.63, 3.8) is 0 Å². The maximum atomic E-state index is 12.5. The molecular weight excluding hydrogens is 422 g/mol. The lowest BCUT2D eigenvalue weighted by Gasteiger charge is -2.17. The molecule has 0 aliphatic heterocycles. The molecule has 0 aliphatic rings. The molecule has 162 valence electrons. The Morgan fingerprint density at radius 2 is 1.90 bits per heavy atom. The van der Waals surface area contributed by atoms with Gasteiger partial charge in [-0.3, -0.25) is 9.30 Å². The van der Waals surface area contributed by atoms with Crippen LogP contribution >= 0.6 is 12.2 Å². The number of pyridine rings is 1. The molecule has 0 unspecified atom stereocenters. The lowest BCUT2D eigenvalue weighted by atomic mass is 10.1. The number of aryl methyl sites for hydroxylation is 1. The number of nitrogens with zero attached hydrogens (tertiary/aromatic N) is 4. The average Bonchev–Trinajstić information content (AvgIpc) is 3.04. The summed E-state index contributed by atoms with van der Waals surface area (Å²) in [5.41, 5.74) is 3.85. The number of methoxy groups -OCH3 is 1. The van der Waals surface area contributed by atoms with Gasteiger partial charge in [-0.05, 0) is 61.6 Å². The molecule has 0 saturated carbocycles. The smallest absolute Gasteiger partial charge is 0.387 e. The molecule has 0 amide bonds. The van der Waals surface area contributed by atoms with Gasteiger partial charge in [0.1, 0.15) is 0 Å². The van der Waals surface area contributed by atoms with E-state index in [4.69, 9.17) is 22.1 Å². The van der Waals surface area contributed by atoms with Crippen LogP contribution in [0.15, 0.2) is 48.5 Å². The van der Waals surface area contributed by atoms with Gasteiger partial charge in [-0.2, -0.15) is 13.9 Å². The zero-order chi connectivity index (χ0) is 22.1. The third-order valence-electron chi connectivity index (χ3n) is 5.05. The Morgan fingerprint density at radius 1 is 1.13 bits per heavy atom. The SMILES string of the molecule is COc1cc(CN(C)Cn2nc3cc(C)c4ccccc4n3c2=S)ccc1OC(F)F. The van der Waals surface area contributed by atoms with E-state index >= 15 is 0 Å². The van der Waals surface area contributed by atoms with Crippen molar-refractivity contribution in [1.82, 2.24) is 19.1 Å². The van der Waals surface area contributed by atoms with E-state index < -0.39 is 6.61 Å². The molecule has 4 aromatic rings. The first-order valence-electron chi connectivity index (χ1n) is 9.65. The highest BCUT2D eigenvalue weighted by molar-refractivity contribution is 7.71. The van der Waals surface area contributed by atoms with Crippen molar-refractivity contribution in [2.24, 2.45) is 0 Å². The molecule has 0 fully saturated rings. The minimum atomic E-state index is -2.90. The van der Waals surface area contributed by atoms with Crippen LogP contribution in [-0.2, 0) is 13.2 Å². The number of ether oxygens (including phenoxy) is 2. The summed E-state index contributed by atoms with van der Waals surface area (Å²) in [7, 11) is 3.36. The summed E-state index contributed by atoms with van der Waals surface area (Å²) in [6, 6.07) is 15.0. The van der Waals surface area contributed by atoms with Crippen molar-refractivity contribution in [2.45, 2.75) is 26.7 Å². The normalized spacial score (nSPS) is 11.7. The molecular formula is C22H22F2N4O2S. The van der Waals surface area contributed by atoms with E-state index in [1.165, 1.54) is 13.2 Å². The van der Waals surface area contributed by atoms with Crippen LogP contribution < -0.4 is 9.47 Å². The lowest BCUT2D eigenvalue weighted by Crippen LogP contribution is -2.22. The summed E-state index contributed by atoms with van der Waals surface area (Å²) < 4.78 is 39.1. The Morgan fingerprint density at radius 3 is 2.65 bits per heavy atom. The molecule has 0 saturated heterocycles. The molecule has 9 heteroatoms.